The molecule has 10 rings (SSSR count). The number of anilines is 3. The van der Waals surface area contributed by atoms with Crippen molar-refractivity contribution in [3.63, 3.8) is 0 Å². The lowest BCUT2D eigenvalue weighted by atomic mass is 9.97. The summed E-state index contributed by atoms with van der Waals surface area (Å²) in [6.45, 7) is 5.00. The normalized spacial score (nSPS) is 13.1. The molecule has 0 radical (unpaired) electrons. The van der Waals surface area contributed by atoms with Crippen LogP contribution in [-0.4, -0.2) is 8.07 Å². The van der Waals surface area contributed by atoms with Crippen molar-refractivity contribution in [3.05, 3.63) is 176 Å². The van der Waals surface area contributed by atoms with Crippen molar-refractivity contribution in [1.29, 1.82) is 0 Å². The van der Waals surface area contributed by atoms with Crippen LogP contribution in [-0.2, 0) is 0 Å². The molecule has 0 amide bonds. The Bertz CT molecular complexity index is 2770. The Morgan fingerprint density at radius 1 is 0.471 bits per heavy atom. The van der Waals surface area contributed by atoms with Gasteiger partial charge in [-0.25, -0.2) is 0 Å². The molecule has 0 saturated heterocycles. The zero-order chi connectivity index (χ0) is 34.1. The molecule has 242 valence electrons. The fraction of sp³-hybridized carbons (Fsp3) is 0.0417. The van der Waals surface area contributed by atoms with Gasteiger partial charge in [0.1, 0.15) is 19.2 Å². The first-order valence-electron chi connectivity index (χ1n) is 17.7. The van der Waals surface area contributed by atoms with Gasteiger partial charge < -0.3 is 9.32 Å². The van der Waals surface area contributed by atoms with Crippen LogP contribution in [0.25, 0.3) is 66.1 Å². The van der Waals surface area contributed by atoms with E-state index in [0.717, 1.165) is 22.5 Å². The summed E-state index contributed by atoms with van der Waals surface area (Å²) in [5.74, 6) is 0. The number of fused-ring (bicyclic) bond motifs is 8. The molecule has 0 unspecified atom stereocenters. The first-order valence-corrected chi connectivity index (χ1v) is 20.7. The van der Waals surface area contributed by atoms with Gasteiger partial charge in [-0.1, -0.05) is 153 Å². The van der Waals surface area contributed by atoms with Gasteiger partial charge in [0, 0.05) is 33.4 Å². The van der Waals surface area contributed by atoms with Crippen molar-refractivity contribution >= 4 is 68.2 Å². The molecule has 9 aromatic rings. The van der Waals surface area contributed by atoms with Crippen molar-refractivity contribution in [3.8, 4) is 33.4 Å². The van der Waals surface area contributed by atoms with E-state index in [0.29, 0.717) is 0 Å². The highest BCUT2D eigenvalue weighted by Crippen LogP contribution is 2.44. The summed E-state index contributed by atoms with van der Waals surface area (Å²) in [6, 6.07) is 64.0. The highest BCUT2D eigenvalue weighted by atomic mass is 28.3. The summed E-state index contributed by atoms with van der Waals surface area (Å²) < 4.78 is 6.67. The average Bonchev–Trinajstić information content (AvgIpc) is 3.68. The van der Waals surface area contributed by atoms with Crippen LogP contribution in [0, 0.1) is 0 Å². The van der Waals surface area contributed by atoms with Gasteiger partial charge in [0.25, 0.3) is 0 Å². The van der Waals surface area contributed by atoms with E-state index in [-0.39, 0.29) is 0 Å². The Hall–Kier alpha value is -6.16. The predicted molar refractivity (Wildman–Crippen MR) is 219 cm³/mol. The summed E-state index contributed by atoms with van der Waals surface area (Å²) in [4.78, 5) is 2.48. The molecule has 2 heterocycles. The van der Waals surface area contributed by atoms with Crippen molar-refractivity contribution in [2.24, 2.45) is 0 Å². The fourth-order valence-electron chi connectivity index (χ4n) is 8.45. The molecule has 1 aliphatic rings. The molecular formula is C48H35NOSi. The van der Waals surface area contributed by atoms with Gasteiger partial charge in [-0.15, -0.1) is 0 Å². The van der Waals surface area contributed by atoms with Crippen LogP contribution in [0.1, 0.15) is 0 Å². The summed E-state index contributed by atoms with van der Waals surface area (Å²) in [5, 5.41) is 7.75. The molecule has 1 aromatic heterocycles. The first kappa shape index (κ1) is 29.7. The third-order valence-corrected chi connectivity index (χ3v) is 14.4. The minimum atomic E-state index is -2.19. The van der Waals surface area contributed by atoms with Gasteiger partial charge in [0.05, 0.1) is 0 Å². The van der Waals surface area contributed by atoms with E-state index in [4.69, 9.17) is 4.42 Å². The maximum absolute atomic E-state index is 6.67. The van der Waals surface area contributed by atoms with Crippen LogP contribution in [0.4, 0.5) is 17.1 Å². The molecule has 1 aliphatic heterocycles. The molecule has 0 fully saturated rings. The summed E-state index contributed by atoms with van der Waals surface area (Å²) in [5.41, 5.74) is 12.9. The van der Waals surface area contributed by atoms with Gasteiger partial charge in [-0.05, 0) is 85.4 Å². The van der Waals surface area contributed by atoms with Gasteiger partial charge in [-0.2, -0.15) is 0 Å². The highest BCUT2D eigenvalue weighted by Gasteiger charge is 2.42. The Morgan fingerprint density at radius 2 is 1.16 bits per heavy atom. The third-order valence-electron chi connectivity index (χ3n) is 10.8. The van der Waals surface area contributed by atoms with E-state index in [1.54, 1.807) is 0 Å². The van der Waals surface area contributed by atoms with Gasteiger partial charge in [-0.3, -0.25) is 0 Å². The van der Waals surface area contributed by atoms with Crippen molar-refractivity contribution in [1.82, 2.24) is 0 Å². The second-order valence-corrected chi connectivity index (χ2v) is 18.4. The minimum absolute atomic E-state index is 0.940. The van der Waals surface area contributed by atoms with E-state index in [1.807, 2.05) is 0 Å². The van der Waals surface area contributed by atoms with E-state index in [2.05, 4.69) is 194 Å². The van der Waals surface area contributed by atoms with Crippen LogP contribution in [0.3, 0.4) is 0 Å². The van der Waals surface area contributed by atoms with Crippen LogP contribution < -0.4 is 15.3 Å². The topological polar surface area (TPSA) is 16.4 Å². The largest absolute Gasteiger partial charge is 0.455 e. The molecular weight excluding hydrogens is 635 g/mol. The number of furan rings is 1. The zero-order valence-electron chi connectivity index (χ0n) is 28.6. The molecule has 0 N–H and O–H groups in total. The van der Waals surface area contributed by atoms with Crippen molar-refractivity contribution in [2.45, 2.75) is 13.1 Å². The summed E-state index contributed by atoms with van der Waals surface area (Å²) >= 11 is 0. The van der Waals surface area contributed by atoms with E-state index >= 15 is 0 Å². The van der Waals surface area contributed by atoms with Crippen LogP contribution in [0.5, 0.6) is 0 Å². The molecule has 0 aliphatic carbocycles. The number of hydrogen-bond acceptors (Lipinski definition) is 2. The molecule has 8 aromatic carbocycles. The van der Waals surface area contributed by atoms with Gasteiger partial charge in [0.15, 0.2) is 0 Å². The smallest absolute Gasteiger partial charge is 0.143 e. The van der Waals surface area contributed by atoms with Crippen LogP contribution >= 0.6 is 0 Å². The Kier molecular flexibility index (Phi) is 6.67. The standard InChI is InChI=1S/C48H35NOSi/c1-51(2)45-30-29-41-40-20-8-9-24-44(40)50-47(41)46(45)42-22-12-23-43(48(42)51)49(37-18-10-17-35(31-37)32-13-4-3-5-14-32)36-27-25-34(26-28-36)39-21-11-16-33-15-6-7-19-38(33)39/h3-31H,1-2H3. The van der Waals surface area contributed by atoms with Crippen LogP contribution in [0.15, 0.2) is 180 Å². The molecule has 0 atom stereocenters. The van der Waals surface area contributed by atoms with E-state index in [9.17, 15) is 0 Å². The number of benzene rings is 8. The molecule has 2 nitrogen and oxygen atoms in total. The second kappa shape index (κ2) is 11.4. The van der Waals surface area contributed by atoms with Crippen molar-refractivity contribution in [2.75, 3.05) is 4.90 Å². The molecule has 3 heteroatoms. The lowest BCUT2D eigenvalue weighted by molar-refractivity contribution is 0.670. The number of hydrogen-bond donors (Lipinski definition) is 0. The van der Waals surface area contributed by atoms with E-state index < -0.39 is 8.07 Å². The van der Waals surface area contributed by atoms with Gasteiger partial charge >= 0.3 is 0 Å². The number of rotatable bonds is 5. The Balaban J connectivity index is 1.19. The lowest BCUT2D eigenvalue weighted by Crippen LogP contribution is -2.50. The number of nitrogens with zero attached hydrogens (tertiary/aromatic N) is 1. The summed E-state index contributed by atoms with van der Waals surface area (Å²) in [6.07, 6.45) is 0. The summed E-state index contributed by atoms with van der Waals surface area (Å²) in [7, 11) is -2.19. The number of para-hydroxylation sites is 1. The quantitative estimate of drug-likeness (QED) is 0.170. The monoisotopic (exact) mass is 669 g/mol. The Labute approximate surface area is 298 Å². The Morgan fingerprint density at radius 3 is 2.02 bits per heavy atom. The molecule has 0 bridgehead atoms. The average molecular weight is 670 g/mol. The van der Waals surface area contributed by atoms with Gasteiger partial charge in [0.2, 0.25) is 0 Å². The third kappa shape index (κ3) is 4.62. The van der Waals surface area contributed by atoms with Crippen molar-refractivity contribution < 1.29 is 4.42 Å². The minimum Gasteiger partial charge on any atom is -0.455 e. The second-order valence-electron chi connectivity index (χ2n) is 14.1. The highest BCUT2D eigenvalue weighted by molar-refractivity contribution is 7.05. The molecule has 0 saturated carbocycles. The molecule has 51 heavy (non-hydrogen) atoms. The maximum atomic E-state index is 6.67. The van der Waals surface area contributed by atoms with Crippen LogP contribution in [0.2, 0.25) is 13.1 Å². The SMILES string of the molecule is C[Si]1(C)c2ccc3c(oc4ccccc43)c2-c2cccc(N(c3ccc(-c4cccc5ccccc45)cc3)c3cccc(-c4ccccc4)c3)c21. The van der Waals surface area contributed by atoms with E-state index in [1.165, 1.54) is 71.0 Å². The lowest BCUT2D eigenvalue weighted by Gasteiger charge is -2.31. The maximum Gasteiger partial charge on any atom is 0.143 e. The fourth-order valence-corrected chi connectivity index (χ4v) is 11.8. The first-order chi connectivity index (χ1) is 25.1. The zero-order valence-corrected chi connectivity index (χ0v) is 29.6. The molecule has 0 spiro atoms. The predicted octanol–water partition coefficient (Wildman–Crippen LogP) is 12.3.